The summed E-state index contributed by atoms with van der Waals surface area (Å²) in [5.41, 5.74) is 10.5. The molecule has 0 spiro atoms. The van der Waals surface area contributed by atoms with E-state index in [4.69, 9.17) is 4.42 Å². The standard InChI is InChI=1S/C29H30N2O4/c1-16-17(2)19(4)23(20(5)18(16)3)14-31-15-30(24-8-6-7-9-25(24)31)13-21-12-27(33)35-29-22(21)10-11-26(32)28(29)34/h6-12,32,34H,13-15H2,1-5H3. The molecule has 0 atom stereocenters. The lowest BCUT2D eigenvalue weighted by Crippen LogP contribution is -2.31. The van der Waals surface area contributed by atoms with Gasteiger partial charge in [-0.2, -0.15) is 0 Å². The molecular formula is C29H30N2O4. The van der Waals surface area contributed by atoms with Crippen molar-refractivity contribution in [2.75, 3.05) is 16.5 Å². The van der Waals surface area contributed by atoms with Crippen molar-refractivity contribution in [3.05, 3.63) is 91.8 Å². The SMILES string of the molecule is Cc1c(C)c(C)c(CN2CN(Cc3cc(=O)oc4c(O)c(O)ccc34)c3ccccc32)c(C)c1C. The van der Waals surface area contributed by atoms with Crippen molar-refractivity contribution in [1.82, 2.24) is 0 Å². The Hall–Kier alpha value is -3.93. The summed E-state index contributed by atoms with van der Waals surface area (Å²) >= 11 is 0. The van der Waals surface area contributed by atoms with E-state index in [1.807, 2.05) is 12.1 Å². The molecule has 0 aliphatic carbocycles. The van der Waals surface area contributed by atoms with Gasteiger partial charge in [0.1, 0.15) is 0 Å². The number of anilines is 2. The predicted molar refractivity (Wildman–Crippen MR) is 140 cm³/mol. The van der Waals surface area contributed by atoms with E-state index < -0.39 is 11.4 Å². The molecule has 0 fully saturated rings. The lowest BCUT2D eigenvalue weighted by atomic mass is 9.89. The van der Waals surface area contributed by atoms with Crippen LogP contribution in [0.2, 0.25) is 0 Å². The summed E-state index contributed by atoms with van der Waals surface area (Å²) in [6, 6.07) is 12.9. The summed E-state index contributed by atoms with van der Waals surface area (Å²) in [5, 5.41) is 20.7. The highest BCUT2D eigenvalue weighted by atomic mass is 16.4. The Morgan fingerprint density at radius 2 is 1.37 bits per heavy atom. The van der Waals surface area contributed by atoms with Crippen molar-refractivity contribution in [2.45, 2.75) is 47.7 Å². The Balaban J connectivity index is 1.53. The minimum Gasteiger partial charge on any atom is -0.504 e. The number of para-hydroxylation sites is 2. The van der Waals surface area contributed by atoms with Gasteiger partial charge in [-0.1, -0.05) is 12.1 Å². The molecule has 1 aromatic heterocycles. The van der Waals surface area contributed by atoms with Crippen molar-refractivity contribution < 1.29 is 14.6 Å². The molecular weight excluding hydrogens is 440 g/mol. The second-order valence-electron chi connectivity index (χ2n) is 9.53. The van der Waals surface area contributed by atoms with Gasteiger partial charge in [-0.05, 0) is 97.8 Å². The van der Waals surface area contributed by atoms with Crippen molar-refractivity contribution >= 4 is 22.3 Å². The number of hydrogen-bond acceptors (Lipinski definition) is 6. The van der Waals surface area contributed by atoms with E-state index in [0.29, 0.717) is 18.6 Å². The Kier molecular flexibility index (Phi) is 5.47. The molecule has 1 aliphatic rings. The van der Waals surface area contributed by atoms with Gasteiger partial charge in [0.15, 0.2) is 11.3 Å². The second-order valence-corrected chi connectivity index (χ2v) is 9.53. The summed E-state index contributed by atoms with van der Waals surface area (Å²) < 4.78 is 5.21. The Labute approximate surface area is 204 Å². The van der Waals surface area contributed by atoms with E-state index in [2.05, 4.69) is 56.6 Å². The number of phenolic OH excluding ortho intramolecular Hbond substituents is 2. The topological polar surface area (TPSA) is 77.2 Å². The highest BCUT2D eigenvalue weighted by Crippen LogP contribution is 2.40. The van der Waals surface area contributed by atoms with Crippen LogP contribution in [-0.4, -0.2) is 16.9 Å². The van der Waals surface area contributed by atoms with Crippen LogP contribution < -0.4 is 15.4 Å². The Morgan fingerprint density at radius 1 is 0.800 bits per heavy atom. The first kappa shape index (κ1) is 22.8. The van der Waals surface area contributed by atoms with Crippen LogP contribution in [0.15, 0.2) is 51.7 Å². The van der Waals surface area contributed by atoms with E-state index in [-0.39, 0.29) is 11.3 Å². The summed E-state index contributed by atoms with van der Waals surface area (Å²) in [4.78, 5) is 16.9. The van der Waals surface area contributed by atoms with Gasteiger partial charge in [0.25, 0.3) is 0 Å². The van der Waals surface area contributed by atoms with Crippen molar-refractivity contribution in [2.24, 2.45) is 0 Å². The number of benzene rings is 3. The molecule has 0 bridgehead atoms. The summed E-state index contributed by atoms with van der Waals surface area (Å²) in [5.74, 6) is -0.731. The number of fused-ring (bicyclic) bond motifs is 2. The van der Waals surface area contributed by atoms with E-state index >= 15 is 0 Å². The molecule has 0 radical (unpaired) electrons. The lowest BCUT2D eigenvalue weighted by Gasteiger charge is -2.26. The fourth-order valence-corrected chi connectivity index (χ4v) is 5.24. The molecule has 2 heterocycles. The normalized spacial score (nSPS) is 13.1. The molecule has 35 heavy (non-hydrogen) atoms. The Morgan fingerprint density at radius 3 is 2.00 bits per heavy atom. The summed E-state index contributed by atoms with van der Waals surface area (Å²) in [6.07, 6.45) is 0. The first-order chi connectivity index (χ1) is 16.7. The summed E-state index contributed by atoms with van der Waals surface area (Å²) in [7, 11) is 0. The van der Waals surface area contributed by atoms with Gasteiger partial charge in [0.05, 0.1) is 18.0 Å². The molecule has 0 amide bonds. The largest absolute Gasteiger partial charge is 0.504 e. The summed E-state index contributed by atoms with van der Waals surface area (Å²) in [6.45, 7) is 12.9. The molecule has 0 saturated heterocycles. The van der Waals surface area contributed by atoms with E-state index in [1.54, 1.807) is 6.07 Å². The molecule has 4 aromatic rings. The first-order valence-corrected chi connectivity index (χ1v) is 11.8. The van der Waals surface area contributed by atoms with Crippen LogP contribution >= 0.6 is 0 Å². The van der Waals surface area contributed by atoms with Crippen LogP contribution in [0, 0.1) is 34.6 Å². The van der Waals surface area contributed by atoms with Crippen LogP contribution in [-0.2, 0) is 13.1 Å². The van der Waals surface area contributed by atoms with E-state index in [0.717, 1.165) is 23.5 Å². The fourth-order valence-electron chi connectivity index (χ4n) is 5.24. The molecule has 2 N–H and O–H groups in total. The van der Waals surface area contributed by atoms with Crippen LogP contribution in [0.3, 0.4) is 0 Å². The number of phenols is 2. The van der Waals surface area contributed by atoms with Crippen molar-refractivity contribution in [3.63, 3.8) is 0 Å². The molecule has 5 rings (SSSR count). The minimum absolute atomic E-state index is 0.00805. The van der Waals surface area contributed by atoms with Gasteiger partial charge in [-0.3, -0.25) is 0 Å². The number of rotatable bonds is 4. The molecule has 180 valence electrons. The minimum atomic E-state index is -0.561. The molecule has 6 heteroatoms. The van der Waals surface area contributed by atoms with Crippen LogP contribution in [0.25, 0.3) is 11.0 Å². The second kappa shape index (κ2) is 8.38. The number of nitrogens with zero attached hydrogens (tertiary/aromatic N) is 2. The van der Waals surface area contributed by atoms with Gasteiger partial charge >= 0.3 is 5.63 Å². The predicted octanol–water partition coefficient (Wildman–Crippen LogP) is 5.73. The maximum atomic E-state index is 12.3. The maximum absolute atomic E-state index is 12.3. The third-order valence-electron chi connectivity index (χ3n) is 7.72. The fraction of sp³-hybridized carbons (Fsp3) is 0.276. The van der Waals surface area contributed by atoms with Crippen molar-refractivity contribution in [3.8, 4) is 11.5 Å². The molecule has 0 unspecified atom stereocenters. The van der Waals surface area contributed by atoms with Crippen LogP contribution in [0.1, 0.15) is 38.9 Å². The third-order valence-corrected chi connectivity index (χ3v) is 7.72. The smallest absolute Gasteiger partial charge is 0.336 e. The average molecular weight is 471 g/mol. The maximum Gasteiger partial charge on any atom is 0.336 e. The van der Waals surface area contributed by atoms with Crippen molar-refractivity contribution in [1.29, 1.82) is 0 Å². The van der Waals surface area contributed by atoms with Gasteiger partial charge in [0, 0.05) is 24.5 Å². The third kappa shape index (κ3) is 3.70. The lowest BCUT2D eigenvalue weighted by molar-refractivity contribution is 0.397. The van der Waals surface area contributed by atoms with Gasteiger partial charge < -0.3 is 24.4 Å². The first-order valence-electron chi connectivity index (χ1n) is 11.8. The zero-order valence-corrected chi connectivity index (χ0v) is 20.8. The number of aromatic hydroxyl groups is 2. The van der Waals surface area contributed by atoms with E-state index in [9.17, 15) is 15.0 Å². The van der Waals surface area contributed by atoms with Gasteiger partial charge in [-0.15, -0.1) is 0 Å². The number of hydrogen-bond donors (Lipinski definition) is 2. The van der Waals surface area contributed by atoms with Gasteiger partial charge in [0.2, 0.25) is 5.75 Å². The molecule has 6 nitrogen and oxygen atoms in total. The highest BCUT2D eigenvalue weighted by molar-refractivity contribution is 5.88. The Bertz CT molecular complexity index is 1510. The molecule has 0 saturated carbocycles. The molecule has 3 aromatic carbocycles. The van der Waals surface area contributed by atoms with Crippen LogP contribution in [0.4, 0.5) is 11.4 Å². The van der Waals surface area contributed by atoms with E-state index in [1.165, 1.54) is 45.5 Å². The highest BCUT2D eigenvalue weighted by Gasteiger charge is 2.28. The zero-order valence-electron chi connectivity index (χ0n) is 20.8. The average Bonchev–Trinajstić information content (AvgIpc) is 3.19. The van der Waals surface area contributed by atoms with Crippen LogP contribution in [0.5, 0.6) is 11.5 Å². The van der Waals surface area contributed by atoms with Gasteiger partial charge in [-0.25, -0.2) is 4.79 Å². The zero-order chi connectivity index (χ0) is 25.0. The molecule has 1 aliphatic heterocycles. The monoisotopic (exact) mass is 470 g/mol. The quantitative estimate of drug-likeness (QED) is 0.293.